The second-order valence-corrected chi connectivity index (χ2v) is 27.7. The molecule has 0 saturated heterocycles. The molecule has 98 heavy (non-hydrogen) atoms. The van der Waals surface area contributed by atoms with Crippen LogP contribution in [-0.2, 0) is 10.8 Å². The first-order chi connectivity index (χ1) is 48.1. The molecule has 15 aromatic carbocycles. The molecule has 460 valence electrons. The van der Waals surface area contributed by atoms with Crippen LogP contribution in [0.3, 0.4) is 0 Å². The van der Waals surface area contributed by atoms with Crippen LogP contribution in [0.1, 0.15) is 49.9 Å². The van der Waals surface area contributed by atoms with Crippen molar-refractivity contribution in [3.05, 3.63) is 344 Å². The number of pyridine rings is 3. The van der Waals surface area contributed by atoms with Gasteiger partial charge in [-0.3, -0.25) is 4.98 Å². The molecular formula is C95H65N3. The topological polar surface area (TPSA) is 38.7 Å². The lowest BCUT2D eigenvalue weighted by molar-refractivity contribution is 0.661. The Hall–Kier alpha value is -12.2. The molecule has 0 radical (unpaired) electrons. The fourth-order valence-electron chi connectivity index (χ4n) is 16.8. The number of fused-ring (bicyclic) bond motifs is 20. The van der Waals surface area contributed by atoms with Crippen LogP contribution in [0.2, 0.25) is 0 Å². The molecule has 3 heteroatoms. The van der Waals surface area contributed by atoms with Gasteiger partial charge < -0.3 is 0 Å². The zero-order valence-electron chi connectivity index (χ0n) is 54.9. The van der Waals surface area contributed by atoms with Crippen LogP contribution in [0, 0.1) is 0 Å². The third kappa shape index (κ3) is 8.93. The monoisotopic (exact) mass is 1250 g/mol. The Morgan fingerprint density at radius 3 is 0.908 bits per heavy atom. The zero-order chi connectivity index (χ0) is 65.4. The van der Waals surface area contributed by atoms with Gasteiger partial charge in [-0.1, -0.05) is 295 Å². The highest BCUT2D eigenvalue weighted by molar-refractivity contribution is 6.28. The van der Waals surface area contributed by atoms with Gasteiger partial charge in [0.15, 0.2) is 0 Å². The second kappa shape index (κ2) is 22.2. The van der Waals surface area contributed by atoms with Gasteiger partial charge in [0.25, 0.3) is 0 Å². The quantitative estimate of drug-likeness (QED) is 0.156. The number of rotatable bonds is 6. The van der Waals surface area contributed by atoms with E-state index in [9.17, 15) is 0 Å². The van der Waals surface area contributed by atoms with Gasteiger partial charge >= 0.3 is 0 Å². The minimum atomic E-state index is -0.155. The summed E-state index contributed by atoms with van der Waals surface area (Å²) in [5, 5.41) is 17.8. The Morgan fingerprint density at radius 2 is 0.520 bits per heavy atom. The Kier molecular flexibility index (Phi) is 13.0. The van der Waals surface area contributed by atoms with Crippen LogP contribution in [0.15, 0.2) is 322 Å². The van der Waals surface area contributed by atoms with E-state index < -0.39 is 0 Å². The molecule has 0 amide bonds. The first-order valence-corrected chi connectivity index (χ1v) is 34.1. The third-order valence-electron chi connectivity index (χ3n) is 21.5. The molecule has 0 saturated carbocycles. The summed E-state index contributed by atoms with van der Waals surface area (Å²) < 4.78 is 0. The minimum Gasteiger partial charge on any atom is -0.264 e. The van der Waals surface area contributed by atoms with E-state index in [0.29, 0.717) is 0 Å². The molecule has 0 spiro atoms. The molecule has 0 N–H and O–H groups in total. The van der Waals surface area contributed by atoms with E-state index in [2.05, 4.69) is 336 Å². The number of nitrogens with zero attached hydrogens (tertiary/aromatic N) is 3. The van der Waals surface area contributed by atoms with Gasteiger partial charge in [0.2, 0.25) is 0 Å². The van der Waals surface area contributed by atoms with Crippen molar-refractivity contribution in [3.63, 3.8) is 0 Å². The number of para-hydroxylation sites is 2. The van der Waals surface area contributed by atoms with Crippen molar-refractivity contribution in [2.45, 2.75) is 38.5 Å². The molecule has 0 unspecified atom stereocenters. The van der Waals surface area contributed by atoms with Crippen molar-refractivity contribution >= 4 is 86.4 Å². The van der Waals surface area contributed by atoms with E-state index in [4.69, 9.17) is 9.97 Å². The Balaban J connectivity index is 0.000000137. The molecule has 0 atom stereocenters. The highest BCUT2D eigenvalue weighted by atomic mass is 14.7. The van der Waals surface area contributed by atoms with Crippen molar-refractivity contribution in [2.24, 2.45) is 0 Å². The van der Waals surface area contributed by atoms with Gasteiger partial charge in [0, 0.05) is 50.7 Å². The SMILES string of the molecule is CC1(C)c2ccccc2-c2nc3ccccc3c(-c3ccc(-c4ccc5c6ccc(-c7ccccc7)cc6c6ccccc6c5c4)cc3)c21.CC1(C)c2ccccc2-c2nc3ccccc3c(-c3ccc(-c4ccc5c6ccc(-c7cccnc7)cc6c6ccccc6c5c4)cc3)c21. The number of hydrogen-bond acceptors (Lipinski definition) is 3. The first-order valence-electron chi connectivity index (χ1n) is 34.1. The van der Waals surface area contributed by atoms with Crippen LogP contribution < -0.4 is 0 Å². The number of hydrogen-bond donors (Lipinski definition) is 0. The molecular weight excluding hydrogens is 1180 g/mol. The van der Waals surface area contributed by atoms with E-state index in [1.54, 1.807) is 0 Å². The first kappa shape index (κ1) is 57.3. The predicted octanol–water partition coefficient (Wildman–Crippen LogP) is 25.4. The van der Waals surface area contributed by atoms with Crippen molar-refractivity contribution in [1.29, 1.82) is 0 Å². The van der Waals surface area contributed by atoms with E-state index in [-0.39, 0.29) is 10.8 Å². The summed E-state index contributed by atoms with van der Waals surface area (Å²) >= 11 is 0. The maximum Gasteiger partial charge on any atom is 0.0759 e. The van der Waals surface area contributed by atoms with Crippen LogP contribution in [0.25, 0.3) is 176 Å². The Labute approximate surface area is 569 Å². The maximum atomic E-state index is 5.24. The average molecular weight is 1250 g/mol. The summed E-state index contributed by atoms with van der Waals surface area (Å²) in [6, 6.07) is 113. The van der Waals surface area contributed by atoms with Gasteiger partial charge in [-0.15, -0.1) is 0 Å². The summed E-state index contributed by atoms with van der Waals surface area (Å²) in [6.07, 6.45) is 3.76. The van der Waals surface area contributed by atoms with E-state index >= 15 is 0 Å². The van der Waals surface area contributed by atoms with Crippen LogP contribution in [0.4, 0.5) is 0 Å². The van der Waals surface area contributed by atoms with E-state index in [1.165, 1.54) is 170 Å². The molecule has 2 aliphatic carbocycles. The molecule has 0 bridgehead atoms. The molecule has 3 heterocycles. The lowest BCUT2D eigenvalue weighted by Gasteiger charge is -2.25. The van der Waals surface area contributed by atoms with Gasteiger partial charge in [0.1, 0.15) is 0 Å². The molecule has 18 aromatic rings. The molecule has 3 aromatic heterocycles. The highest BCUT2D eigenvalue weighted by Crippen LogP contribution is 2.55. The van der Waals surface area contributed by atoms with Gasteiger partial charge in [-0.2, -0.15) is 0 Å². The minimum absolute atomic E-state index is 0.152. The lowest BCUT2D eigenvalue weighted by atomic mass is 9.78. The van der Waals surface area contributed by atoms with E-state index in [0.717, 1.165) is 28.0 Å². The largest absolute Gasteiger partial charge is 0.264 e. The van der Waals surface area contributed by atoms with Crippen molar-refractivity contribution in [1.82, 2.24) is 15.0 Å². The second-order valence-electron chi connectivity index (χ2n) is 27.7. The van der Waals surface area contributed by atoms with Crippen LogP contribution in [-0.4, -0.2) is 15.0 Å². The normalized spacial score (nSPS) is 13.3. The Bertz CT molecular complexity index is 5890. The number of aromatic nitrogens is 3. The van der Waals surface area contributed by atoms with E-state index in [1.807, 2.05) is 18.5 Å². The summed E-state index contributed by atoms with van der Waals surface area (Å²) in [7, 11) is 0. The lowest BCUT2D eigenvalue weighted by Crippen LogP contribution is -2.16. The average Bonchev–Trinajstić information content (AvgIpc) is 1.44. The fraction of sp³-hybridized carbons (Fsp3) is 0.0632. The highest BCUT2D eigenvalue weighted by Gasteiger charge is 2.41. The fourth-order valence-corrected chi connectivity index (χ4v) is 16.8. The molecule has 2 aliphatic rings. The molecule has 3 nitrogen and oxygen atoms in total. The standard InChI is InChI=1S/C48H33N.C47H32N2/c1-48(2)43-18-10-8-16-39(43)47-46(48)45(40-17-9-11-19-44(40)49-47)32-22-20-31(21-23-32)34-25-27-38-37-26-24-33(30-12-4-3-5-13-30)28-41(37)35-14-6-7-15-36(35)42(38)29-34;1-47(2)42-15-7-5-13-38(42)46-45(47)44(39-14-6-8-16-43(39)49-46)30-19-17-29(18-20-30)31-21-23-36-37-24-22-32(33-10-9-25-48-28-33)27-41(37)35-12-4-3-11-34(35)40(36)26-31/h3-29H,1-2H3;3-28H,1-2H3. The molecule has 0 aliphatic heterocycles. The molecule has 20 rings (SSSR count). The summed E-state index contributed by atoms with van der Waals surface area (Å²) in [4.78, 5) is 14.8. The van der Waals surface area contributed by atoms with Gasteiger partial charge in [-0.05, 0) is 191 Å². The third-order valence-corrected chi connectivity index (χ3v) is 21.5. The van der Waals surface area contributed by atoms with Gasteiger partial charge in [-0.25, -0.2) is 9.97 Å². The predicted molar refractivity (Wildman–Crippen MR) is 414 cm³/mol. The Morgan fingerprint density at radius 1 is 0.224 bits per heavy atom. The number of benzene rings is 15. The van der Waals surface area contributed by atoms with Crippen LogP contribution >= 0.6 is 0 Å². The summed E-state index contributed by atoms with van der Waals surface area (Å²) in [5.41, 5.74) is 26.5. The zero-order valence-corrected chi connectivity index (χ0v) is 54.9. The van der Waals surface area contributed by atoms with Crippen molar-refractivity contribution < 1.29 is 0 Å². The molecule has 0 fully saturated rings. The maximum absolute atomic E-state index is 5.24. The van der Waals surface area contributed by atoms with Gasteiger partial charge in [0.05, 0.1) is 22.4 Å². The van der Waals surface area contributed by atoms with Crippen molar-refractivity contribution in [3.8, 4) is 89.3 Å². The van der Waals surface area contributed by atoms with Crippen molar-refractivity contribution in [2.75, 3.05) is 0 Å². The smallest absolute Gasteiger partial charge is 0.0759 e. The van der Waals surface area contributed by atoms with Crippen LogP contribution in [0.5, 0.6) is 0 Å². The summed E-state index contributed by atoms with van der Waals surface area (Å²) in [5.74, 6) is 0. The summed E-state index contributed by atoms with van der Waals surface area (Å²) in [6.45, 7) is 9.37.